The number of hydrogen-bond acceptors (Lipinski definition) is 5. The van der Waals surface area contributed by atoms with Crippen LogP contribution in [0.2, 0.25) is 0 Å². The Morgan fingerprint density at radius 1 is 1.22 bits per heavy atom. The number of carbonyl (C=O) groups excluding carboxylic acids is 1. The lowest BCUT2D eigenvalue weighted by molar-refractivity contribution is 0.0955. The first-order valence-electron chi connectivity index (χ1n) is 6.99. The molecule has 0 fully saturated rings. The average Bonchev–Trinajstić information content (AvgIpc) is 2.55. The first-order chi connectivity index (χ1) is 11.0. The fraction of sp³-hybridized carbons (Fsp3) is 0.176. The number of aromatic hydroxyl groups is 1. The number of anilines is 1. The van der Waals surface area contributed by atoms with Crippen LogP contribution < -0.4 is 15.1 Å². The largest absolute Gasteiger partial charge is 0.504 e. The molecule has 6 heteroatoms. The number of nitrogens with one attached hydrogen (secondary N) is 1. The van der Waals surface area contributed by atoms with Gasteiger partial charge in [-0.05, 0) is 48.0 Å². The predicted molar refractivity (Wildman–Crippen MR) is 90.5 cm³/mol. The van der Waals surface area contributed by atoms with E-state index in [0.717, 1.165) is 5.69 Å². The lowest BCUT2D eigenvalue weighted by Gasteiger charge is -2.12. The van der Waals surface area contributed by atoms with Crippen molar-refractivity contribution in [3.63, 3.8) is 0 Å². The highest BCUT2D eigenvalue weighted by Gasteiger charge is 2.05. The molecule has 0 heterocycles. The smallest absolute Gasteiger partial charge is 0.271 e. The van der Waals surface area contributed by atoms with Gasteiger partial charge < -0.3 is 14.7 Å². The zero-order valence-corrected chi connectivity index (χ0v) is 13.3. The first-order valence-corrected chi connectivity index (χ1v) is 6.99. The van der Waals surface area contributed by atoms with Crippen LogP contribution >= 0.6 is 0 Å². The Balaban J connectivity index is 1.99. The van der Waals surface area contributed by atoms with Crippen molar-refractivity contribution in [2.24, 2.45) is 5.10 Å². The molecular weight excluding hydrogens is 294 g/mol. The van der Waals surface area contributed by atoms with Crippen LogP contribution in [0.25, 0.3) is 0 Å². The Morgan fingerprint density at radius 3 is 2.48 bits per heavy atom. The molecule has 120 valence electrons. The number of rotatable bonds is 5. The second-order valence-electron chi connectivity index (χ2n) is 5.07. The van der Waals surface area contributed by atoms with E-state index in [1.807, 2.05) is 31.1 Å². The van der Waals surface area contributed by atoms with Crippen molar-refractivity contribution in [1.29, 1.82) is 0 Å². The second-order valence-corrected chi connectivity index (χ2v) is 5.07. The maximum absolute atomic E-state index is 12.0. The third-order valence-electron chi connectivity index (χ3n) is 3.23. The zero-order chi connectivity index (χ0) is 16.8. The third kappa shape index (κ3) is 4.23. The van der Waals surface area contributed by atoms with Gasteiger partial charge in [-0.2, -0.15) is 5.10 Å². The van der Waals surface area contributed by atoms with Gasteiger partial charge in [-0.15, -0.1) is 0 Å². The quantitative estimate of drug-likeness (QED) is 0.656. The molecule has 2 rings (SSSR count). The summed E-state index contributed by atoms with van der Waals surface area (Å²) in [7, 11) is 5.35. The van der Waals surface area contributed by atoms with Crippen molar-refractivity contribution in [3.8, 4) is 11.5 Å². The Hall–Kier alpha value is -3.02. The fourth-order valence-electron chi connectivity index (χ4n) is 1.93. The molecule has 23 heavy (non-hydrogen) atoms. The molecule has 0 aromatic heterocycles. The molecule has 0 radical (unpaired) electrons. The molecule has 0 unspecified atom stereocenters. The molecule has 0 aliphatic carbocycles. The maximum atomic E-state index is 12.0. The minimum Gasteiger partial charge on any atom is -0.504 e. The van der Waals surface area contributed by atoms with Crippen molar-refractivity contribution in [1.82, 2.24) is 5.43 Å². The van der Waals surface area contributed by atoms with Crippen LogP contribution in [0.5, 0.6) is 11.5 Å². The number of phenolic OH excluding ortho intramolecular Hbond substituents is 1. The molecule has 2 N–H and O–H groups in total. The van der Waals surface area contributed by atoms with Gasteiger partial charge in [-0.1, -0.05) is 0 Å². The Morgan fingerprint density at radius 2 is 1.91 bits per heavy atom. The highest BCUT2D eigenvalue weighted by Crippen LogP contribution is 2.25. The number of hydrogen-bond donors (Lipinski definition) is 2. The van der Waals surface area contributed by atoms with Crippen LogP contribution in [0.4, 0.5) is 5.69 Å². The fourth-order valence-corrected chi connectivity index (χ4v) is 1.93. The van der Waals surface area contributed by atoms with Gasteiger partial charge in [0, 0.05) is 25.3 Å². The van der Waals surface area contributed by atoms with Crippen molar-refractivity contribution < 1.29 is 14.6 Å². The predicted octanol–water partition coefficient (Wildman–Crippen LogP) is 2.23. The summed E-state index contributed by atoms with van der Waals surface area (Å²) in [6.07, 6.45) is 1.45. The summed E-state index contributed by atoms with van der Waals surface area (Å²) in [5, 5.41) is 13.6. The van der Waals surface area contributed by atoms with E-state index in [1.54, 1.807) is 24.3 Å². The van der Waals surface area contributed by atoms with Crippen LogP contribution in [0.3, 0.4) is 0 Å². The minimum absolute atomic E-state index is 0.0158. The maximum Gasteiger partial charge on any atom is 0.271 e. The molecule has 0 aliphatic rings. The SMILES string of the molecule is COc1ccc(/C=N/NC(=O)c2ccc(N(C)C)cc2)cc1O. The summed E-state index contributed by atoms with van der Waals surface area (Å²) in [5.74, 6) is 0.0958. The molecule has 2 aromatic rings. The van der Waals surface area contributed by atoms with Gasteiger partial charge in [0.25, 0.3) is 5.91 Å². The van der Waals surface area contributed by atoms with Gasteiger partial charge in [0.2, 0.25) is 0 Å². The van der Waals surface area contributed by atoms with E-state index >= 15 is 0 Å². The van der Waals surface area contributed by atoms with Crippen LogP contribution in [0.1, 0.15) is 15.9 Å². The van der Waals surface area contributed by atoms with E-state index in [2.05, 4.69) is 10.5 Å². The van der Waals surface area contributed by atoms with Crippen LogP contribution in [-0.2, 0) is 0 Å². The van der Waals surface area contributed by atoms with Crippen molar-refractivity contribution in [2.45, 2.75) is 0 Å². The van der Waals surface area contributed by atoms with Gasteiger partial charge in [0.15, 0.2) is 11.5 Å². The first kappa shape index (κ1) is 16.4. The lowest BCUT2D eigenvalue weighted by Crippen LogP contribution is -2.17. The number of methoxy groups -OCH3 is 1. The number of amides is 1. The average molecular weight is 313 g/mol. The number of hydrazone groups is 1. The van der Waals surface area contributed by atoms with Crippen molar-refractivity contribution in [2.75, 3.05) is 26.1 Å². The molecule has 0 aliphatic heterocycles. The van der Waals surface area contributed by atoms with Gasteiger partial charge >= 0.3 is 0 Å². The van der Waals surface area contributed by atoms with Crippen LogP contribution in [0, 0.1) is 0 Å². The Bertz CT molecular complexity index is 710. The monoisotopic (exact) mass is 313 g/mol. The van der Waals surface area contributed by atoms with E-state index < -0.39 is 0 Å². The lowest BCUT2D eigenvalue weighted by atomic mass is 10.2. The Kier molecular flexibility index (Phi) is 5.19. The molecule has 1 amide bonds. The summed E-state index contributed by atoms with van der Waals surface area (Å²) in [4.78, 5) is 13.9. The number of carbonyl (C=O) groups is 1. The molecule has 0 atom stereocenters. The molecule has 6 nitrogen and oxygen atoms in total. The summed E-state index contributed by atoms with van der Waals surface area (Å²) >= 11 is 0. The number of nitrogens with zero attached hydrogens (tertiary/aromatic N) is 2. The zero-order valence-electron chi connectivity index (χ0n) is 13.3. The number of phenols is 1. The molecule has 0 bridgehead atoms. The number of ether oxygens (including phenoxy) is 1. The van der Waals surface area contributed by atoms with Crippen LogP contribution in [0.15, 0.2) is 47.6 Å². The van der Waals surface area contributed by atoms with E-state index in [-0.39, 0.29) is 11.7 Å². The molecule has 0 spiro atoms. The van der Waals surface area contributed by atoms with Gasteiger partial charge in [-0.25, -0.2) is 5.43 Å². The molecule has 0 saturated heterocycles. The summed E-state index contributed by atoms with van der Waals surface area (Å²) in [6, 6.07) is 12.0. The van der Waals surface area contributed by atoms with Crippen LogP contribution in [-0.4, -0.2) is 38.4 Å². The standard InChI is InChI=1S/C17H19N3O3/c1-20(2)14-7-5-13(6-8-14)17(22)19-18-11-12-4-9-16(23-3)15(21)10-12/h4-11,21H,1-3H3,(H,19,22)/b18-11+. The molecule has 0 saturated carbocycles. The molecular formula is C17H19N3O3. The van der Waals surface area contributed by atoms with Gasteiger partial charge in [0.05, 0.1) is 13.3 Å². The number of benzene rings is 2. The highest BCUT2D eigenvalue weighted by atomic mass is 16.5. The van der Waals surface area contributed by atoms with Crippen molar-refractivity contribution in [3.05, 3.63) is 53.6 Å². The summed E-state index contributed by atoms with van der Waals surface area (Å²) < 4.78 is 4.96. The second kappa shape index (κ2) is 7.31. The topological polar surface area (TPSA) is 74.2 Å². The van der Waals surface area contributed by atoms with E-state index in [9.17, 15) is 9.90 Å². The van der Waals surface area contributed by atoms with E-state index in [4.69, 9.17) is 4.74 Å². The Labute approximate surface area is 135 Å². The third-order valence-corrected chi connectivity index (χ3v) is 3.23. The van der Waals surface area contributed by atoms with E-state index in [0.29, 0.717) is 16.9 Å². The highest BCUT2D eigenvalue weighted by molar-refractivity contribution is 5.95. The molecule has 2 aromatic carbocycles. The normalized spacial score (nSPS) is 10.6. The van der Waals surface area contributed by atoms with Gasteiger partial charge in [-0.3, -0.25) is 4.79 Å². The minimum atomic E-state index is -0.302. The van der Waals surface area contributed by atoms with Gasteiger partial charge in [0.1, 0.15) is 0 Å². The summed E-state index contributed by atoms with van der Waals surface area (Å²) in [5.41, 5.74) is 4.62. The van der Waals surface area contributed by atoms with E-state index in [1.165, 1.54) is 19.4 Å². The van der Waals surface area contributed by atoms with Crippen molar-refractivity contribution >= 4 is 17.8 Å². The summed E-state index contributed by atoms with van der Waals surface area (Å²) in [6.45, 7) is 0.